The second kappa shape index (κ2) is 7.03. The van der Waals surface area contributed by atoms with Crippen LogP contribution in [0.25, 0.3) is 0 Å². The highest BCUT2D eigenvalue weighted by atomic mass is 32.2. The van der Waals surface area contributed by atoms with Crippen molar-refractivity contribution in [3.8, 4) is 0 Å². The fourth-order valence-electron chi connectivity index (χ4n) is 2.09. The molecule has 0 atom stereocenters. The summed E-state index contributed by atoms with van der Waals surface area (Å²) in [5, 5.41) is 0.677. The fraction of sp³-hybridized carbons (Fsp3) is 0.647. The highest BCUT2D eigenvalue weighted by molar-refractivity contribution is 8.01. The van der Waals surface area contributed by atoms with Gasteiger partial charge >= 0.3 is 7.12 Å². The first kappa shape index (κ1) is 18.6. The lowest BCUT2D eigenvalue weighted by atomic mass is 9.78. The first-order chi connectivity index (χ1) is 10.8. The Balaban J connectivity index is 0.000000924. The van der Waals surface area contributed by atoms with Gasteiger partial charge in [-0.05, 0) is 64.6 Å². The van der Waals surface area contributed by atoms with Crippen molar-refractivity contribution in [1.29, 1.82) is 0 Å². The van der Waals surface area contributed by atoms with E-state index in [1.807, 2.05) is 47.6 Å². The molecule has 2 aliphatic rings. The summed E-state index contributed by atoms with van der Waals surface area (Å²) in [6.45, 7) is 11.9. The predicted octanol–water partition coefficient (Wildman–Crippen LogP) is 4.37. The van der Waals surface area contributed by atoms with Crippen molar-refractivity contribution in [2.75, 3.05) is 4.72 Å². The van der Waals surface area contributed by atoms with Crippen molar-refractivity contribution < 1.29 is 13.7 Å². The maximum absolute atomic E-state index is 14.3. The van der Waals surface area contributed by atoms with Crippen LogP contribution in [0.5, 0.6) is 0 Å². The van der Waals surface area contributed by atoms with Crippen LogP contribution in [-0.4, -0.2) is 23.6 Å². The van der Waals surface area contributed by atoms with Crippen LogP contribution in [0.2, 0.25) is 0 Å². The molecule has 1 aromatic rings. The zero-order valence-electron chi connectivity index (χ0n) is 14.9. The van der Waals surface area contributed by atoms with E-state index in [9.17, 15) is 4.39 Å². The highest BCUT2D eigenvalue weighted by Gasteiger charge is 2.52. The zero-order valence-corrected chi connectivity index (χ0v) is 15.7. The van der Waals surface area contributed by atoms with Gasteiger partial charge in [-0.15, -0.1) is 0 Å². The second-order valence-corrected chi connectivity index (χ2v) is 7.85. The summed E-state index contributed by atoms with van der Waals surface area (Å²) in [6, 6.07) is 5.13. The molecule has 23 heavy (non-hydrogen) atoms. The van der Waals surface area contributed by atoms with Crippen LogP contribution in [0.1, 0.15) is 54.4 Å². The summed E-state index contributed by atoms with van der Waals surface area (Å²) in [5.41, 5.74) is 0.325. The second-order valence-electron chi connectivity index (χ2n) is 6.74. The lowest BCUT2D eigenvalue weighted by Crippen LogP contribution is -2.41. The largest absolute Gasteiger partial charge is 0.497 e. The lowest BCUT2D eigenvalue weighted by Gasteiger charge is -2.32. The molecular formula is C17H27BFNO2S. The standard InChI is InChI=1S/C15H21BFNO2S.C2H6/c1-14(2)15(3,4)20-16(19-14)12-8-5-10(9-13(12)17)18-21-11-6-7-11;1-2/h5,8-9,11,18H,6-7H2,1-4H3;1-2H3. The number of nitrogens with one attached hydrogen (secondary N) is 1. The third-order valence-electron chi connectivity index (χ3n) is 4.38. The molecule has 128 valence electrons. The maximum Gasteiger partial charge on any atom is 0.497 e. The molecule has 1 aliphatic carbocycles. The number of hydrogen-bond donors (Lipinski definition) is 1. The summed E-state index contributed by atoms with van der Waals surface area (Å²) >= 11 is 1.66. The molecule has 0 unspecified atom stereocenters. The molecule has 1 saturated heterocycles. The van der Waals surface area contributed by atoms with E-state index < -0.39 is 18.3 Å². The molecular weight excluding hydrogens is 312 g/mol. The molecule has 1 heterocycles. The Bertz CT molecular complexity index is 533. The van der Waals surface area contributed by atoms with Gasteiger partial charge < -0.3 is 14.0 Å². The quantitative estimate of drug-likeness (QED) is 0.652. The minimum absolute atomic E-state index is 0.296. The third kappa shape index (κ3) is 4.23. The summed E-state index contributed by atoms with van der Waals surface area (Å²) in [4.78, 5) is 0. The van der Waals surface area contributed by atoms with Gasteiger partial charge in [-0.25, -0.2) is 4.39 Å². The first-order valence-electron chi connectivity index (χ1n) is 8.35. The van der Waals surface area contributed by atoms with E-state index in [0.29, 0.717) is 10.7 Å². The molecule has 0 radical (unpaired) electrons. The summed E-state index contributed by atoms with van der Waals surface area (Å²) in [5.74, 6) is -0.296. The van der Waals surface area contributed by atoms with Crippen molar-refractivity contribution in [3.63, 3.8) is 0 Å². The van der Waals surface area contributed by atoms with Gasteiger partial charge in [0.05, 0.1) is 11.2 Å². The minimum Gasteiger partial charge on any atom is -0.399 e. The number of halogens is 1. The van der Waals surface area contributed by atoms with Crippen LogP contribution < -0.4 is 10.2 Å². The highest BCUT2D eigenvalue weighted by Crippen LogP contribution is 2.37. The molecule has 6 heteroatoms. The molecule has 0 amide bonds. The van der Waals surface area contributed by atoms with Crippen LogP contribution in [-0.2, 0) is 9.31 Å². The fourth-order valence-corrected chi connectivity index (χ4v) is 2.89. The van der Waals surface area contributed by atoms with Gasteiger partial charge in [0.15, 0.2) is 0 Å². The molecule has 3 nitrogen and oxygen atoms in total. The molecule has 3 rings (SSSR count). The average Bonchev–Trinajstić information content (AvgIpc) is 3.26. The minimum atomic E-state index is -0.653. The summed E-state index contributed by atoms with van der Waals surface area (Å²) in [6.07, 6.45) is 2.48. The Hall–Kier alpha value is -0.715. The van der Waals surface area contributed by atoms with E-state index in [1.54, 1.807) is 18.0 Å². The summed E-state index contributed by atoms with van der Waals surface area (Å²) < 4.78 is 29.3. The van der Waals surface area contributed by atoms with Gasteiger partial charge in [0.2, 0.25) is 0 Å². The lowest BCUT2D eigenvalue weighted by molar-refractivity contribution is 0.00578. The topological polar surface area (TPSA) is 30.5 Å². The van der Waals surface area contributed by atoms with E-state index in [4.69, 9.17) is 9.31 Å². The number of hydrogen-bond acceptors (Lipinski definition) is 4. The van der Waals surface area contributed by atoms with E-state index in [-0.39, 0.29) is 5.82 Å². The van der Waals surface area contributed by atoms with Gasteiger partial charge in [-0.1, -0.05) is 19.9 Å². The molecule has 1 saturated carbocycles. The van der Waals surface area contributed by atoms with Crippen molar-refractivity contribution in [3.05, 3.63) is 24.0 Å². The Labute approximate surface area is 144 Å². The molecule has 2 fully saturated rings. The molecule has 0 bridgehead atoms. The van der Waals surface area contributed by atoms with E-state index in [0.717, 1.165) is 5.69 Å². The van der Waals surface area contributed by atoms with E-state index in [2.05, 4.69) is 4.72 Å². The van der Waals surface area contributed by atoms with Crippen LogP contribution in [0, 0.1) is 5.82 Å². The van der Waals surface area contributed by atoms with Gasteiger partial charge in [-0.3, -0.25) is 0 Å². The smallest absolute Gasteiger partial charge is 0.399 e. The van der Waals surface area contributed by atoms with Crippen molar-refractivity contribution in [2.45, 2.75) is 70.8 Å². The van der Waals surface area contributed by atoms with Crippen LogP contribution in [0.3, 0.4) is 0 Å². The van der Waals surface area contributed by atoms with Crippen LogP contribution in [0.4, 0.5) is 10.1 Å². The normalized spacial score (nSPS) is 21.6. The maximum atomic E-state index is 14.3. The monoisotopic (exact) mass is 339 g/mol. The van der Waals surface area contributed by atoms with Crippen molar-refractivity contribution in [2.24, 2.45) is 0 Å². The third-order valence-corrected chi connectivity index (χ3v) is 5.53. The van der Waals surface area contributed by atoms with Crippen molar-refractivity contribution in [1.82, 2.24) is 0 Å². The van der Waals surface area contributed by atoms with Crippen molar-refractivity contribution >= 4 is 30.2 Å². The molecule has 0 aromatic heterocycles. The summed E-state index contributed by atoms with van der Waals surface area (Å²) in [7, 11) is -0.653. The number of anilines is 1. The van der Waals surface area contributed by atoms with E-state index >= 15 is 0 Å². The predicted molar refractivity (Wildman–Crippen MR) is 97.7 cm³/mol. The van der Waals surface area contributed by atoms with Gasteiger partial charge in [0.1, 0.15) is 5.82 Å². The zero-order chi connectivity index (χ0) is 17.3. The van der Waals surface area contributed by atoms with Gasteiger partial charge in [0, 0.05) is 16.4 Å². The Kier molecular flexibility index (Phi) is 5.70. The van der Waals surface area contributed by atoms with E-state index in [1.165, 1.54) is 18.9 Å². The van der Waals surface area contributed by atoms with Gasteiger partial charge in [0.25, 0.3) is 0 Å². The Morgan fingerprint density at radius 1 is 1.13 bits per heavy atom. The molecule has 1 aromatic carbocycles. The van der Waals surface area contributed by atoms with Crippen LogP contribution in [0.15, 0.2) is 18.2 Å². The molecule has 1 aliphatic heterocycles. The average molecular weight is 339 g/mol. The SMILES string of the molecule is CC.CC1(C)OB(c2ccc(NSC3CC3)cc2F)OC1(C)C. The molecule has 1 N–H and O–H groups in total. The number of rotatable bonds is 4. The van der Waals surface area contributed by atoms with Crippen LogP contribution >= 0.6 is 11.9 Å². The Morgan fingerprint density at radius 2 is 1.70 bits per heavy atom. The first-order valence-corrected chi connectivity index (χ1v) is 9.23. The van der Waals surface area contributed by atoms with Gasteiger partial charge in [-0.2, -0.15) is 0 Å². The Morgan fingerprint density at radius 3 is 2.17 bits per heavy atom. The molecule has 0 spiro atoms. The number of benzene rings is 1.